The molecule has 9 nitrogen and oxygen atoms in total. The topological polar surface area (TPSA) is 108 Å². The Kier molecular flexibility index (Phi) is 12.8. The molecule has 0 aliphatic rings. The molecule has 0 aliphatic carbocycles. The zero-order valence-electron chi connectivity index (χ0n) is 16.2. The number of hydrogen-bond donors (Lipinski definition) is 0. The minimum atomic E-state index is -0.831. The van der Waals surface area contributed by atoms with E-state index < -0.39 is 23.9 Å². The number of esters is 4. The van der Waals surface area contributed by atoms with Crippen molar-refractivity contribution >= 4 is 23.9 Å². The van der Waals surface area contributed by atoms with Gasteiger partial charge in [-0.25, -0.2) is 9.59 Å². The van der Waals surface area contributed by atoms with Crippen molar-refractivity contribution in [1.82, 2.24) is 4.90 Å². The normalized spacial score (nSPS) is 10.1. The maximum absolute atomic E-state index is 11.9. The first-order chi connectivity index (χ1) is 12.9. The summed E-state index contributed by atoms with van der Waals surface area (Å²) in [6.07, 6.45) is 3.90. The van der Waals surface area contributed by atoms with Crippen LogP contribution in [0.3, 0.4) is 0 Å². The van der Waals surface area contributed by atoms with Gasteiger partial charge < -0.3 is 23.8 Å². The second-order valence-corrected chi connectivity index (χ2v) is 4.88. The van der Waals surface area contributed by atoms with Crippen molar-refractivity contribution in [3.8, 4) is 0 Å². The quantitative estimate of drug-likeness (QED) is 0.121. The summed E-state index contributed by atoms with van der Waals surface area (Å²) in [5.41, 5.74) is -0.304. The lowest BCUT2D eigenvalue weighted by Gasteiger charge is -2.17. The molecule has 0 N–H and O–H groups in total. The van der Waals surface area contributed by atoms with E-state index in [1.807, 2.05) is 0 Å². The molecule has 0 radical (unpaired) electrons. The molecule has 0 aliphatic heterocycles. The van der Waals surface area contributed by atoms with Gasteiger partial charge in [-0.3, -0.25) is 9.59 Å². The maximum atomic E-state index is 11.9. The van der Waals surface area contributed by atoms with Crippen LogP contribution in [0.5, 0.6) is 0 Å². The highest BCUT2D eigenvalue weighted by Crippen LogP contribution is 2.04. The zero-order chi connectivity index (χ0) is 20.7. The van der Waals surface area contributed by atoms with Crippen molar-refractivity contribution in [2.24, 2.45) is 0 Å². The largest absolute Gasteiger partial charge is 0.465 e. The smallest absolute Gasteiger partial charge is 0.345 e. The van der Waals surface area contributed by atoms with Crippen molar-refractivity contribution in [2.45, 2.75) is 27.7 Å². The van der Waals surface area contributed by atoms with E-state index in [0.717, 1.165) is 0 Å². The summed E-state index contributed by atoms with van der Waals surface area (Å²) in [5, 5.41) is 0. The molecular formula is C18H27NO8. The van der Waals surface area contributed by atoms with Gasteiger partial charge in [0.25, 0.3) is 0 Å². The number of carbonyl (C=O) groups excluding carboxylic acids is 4. The van der Waals surface area contributed by atoms with Crippen LogP contribution < -0.4 is 0 Å². The van der Waals surface area contributed by atoms with Gasteiger partial charge in [0, 0.05) is 6.20 Å². The van der Waals surface area contributed by atoms with Crippen LogP contribution in [-0.4, -0.2) is 68.3 Å². The monoisotopic (exact) mass is 385 g/mol. The van der Waals surface area contributed by atoms with E-state index in [1.165, 1.54) is 23.3 Å². The Hall–Kier alpha value is -2.84. The zero-order valence-corrected chi connectivity index (χ0v) is 16.2. The summed E-state index contributed by atoms with van der Waals surface area (Å²) in [7, 11) is 0. The molecular weight excluding hydrogens is 358 g/mol. The molecule has 0 rings (SSSR count). The summed E-state index contributed by atoms with van der Waals surface area (Å²) < 4.78 is 19.3. The Labute approximate surface area is 158 Å². The van der Waals surface area contributed by atoms with Gasteiger partial charge >= 0.3 is 23.9 Å². The van der Waals surface area contributed by atoms with Crippen LogP contribution in [0.15, 0.2) is 23.9 Å². The standard InChI is InChI=1S/C18H27NO8/c1-5-24-15(20)12-19(13-16(21)25-6-2)11-9-10-14(17(22)26-7-3)18(23)27-8-4/h9-11H,5-8,12-13H2,1-4H3/b11-9+. The predicted octanol–water partition coefficient (Wildman–Crippen LogP) is 0.981. The minimum Gasteiger partial charge on any atom is -0.465 e. The fourth-order valence-corrected chi connectivity index (χ4v) is 1.80. The molecule has 0 spiro atoms. The first-order valence-corrected chi connectivity index (χ1v) is 8.67. The minimum absolute atomic E-state index is 0.0944. The maximum Gasteiger partial charge on any atom is 0.345 e. The Morgan fingerprint density at radius 3 is 1.48 bits per heavy atom. The van der Waals surface area contributed by atoms with Gasteiger partial charge in [-0.2, -0.15) is 0 Å². The molecule has 0 aromatic heterocycles. The van der Waals surface area contributed by atoms with Gasteiger partial charge in [-0.15, -0.1) is 0 Å². The number of hydrogen-bond acceptors (Lipinski definition) is 9. The molecule has 9 heteroatoms. The van der Waals surface area contributed by atoms with Gasteiger partial charge in [0.05, 0.1) is 26.4 Å². The SMILES string of the molecule is CCOC(=O)CN(/C=C/C=C(C(=O)OCC)C(=O)OCC)CC(=O)OCC. The third-order valence-corrected chi connectivity index (χ3v) is 2.83. The summed E-state index contributed by atoms with van der Waals surface area (Å²) in [5.74, 6) is -2.73. The molecule has 0 unspecified atom stereocenters. The van der Waals surface area contributed by atoms with Crippen molar-refractivity contribution in [2.75, 3.05) is 39.5 Å². The van der Waals surface area contributed by atoms with E-state index >= 15 is 0 Å². The molecule has 0 atom stereocenters. The predicted molar refractivity (Wildman–Crippen MR) is 95.3 cm³/mol. The number of ether oxygens (including phenoxy) is 4. The van der Waals surface area contributed by atoms with Gasteiger partial charge in [-0.05, 0) is 39.8 Å². The molecule has 0 aromatic rings. The van der Waals surface area contributed by atoms with Crippen molar-refractivity contribution in [3.63, 3.8) is 0 Å². The Bertz CT molecular complexity index is 528. The van der Waals surface area contributed by atoms with Crippen LogP contribution in [0.1, 0.15) is 27.7 Å². The fraction of sp³-hybridized carbons (Fsp3) is 0.556. The third-order valence-electron chi connectivity index (χ3n) is 2.83. The van der Waals surface area contributed by atoms with Gasteiger partial charge in [0.15, 0.2) is 0 Å². The molecule has 0 amide bonds. The Morgan fingerprint density at radius 2 is 1.11 bits per heavy atom. The van der Waals surface area contributed by atoms with E-state index in [0.29, 0.717) is 0 Å². The average Bonchev–Trinajstić information content (AvgIpc) is 2.59. The number of nitrogens with zero attached hydrogens (tertiary/aromatic N) is 1. The summed E-state index contributed by atoms with van der Waals surface area (Å²) in [6, 6.07) is 0. The number of allylic oxidation sites excluding steroid dienone is 2. The highest BCUT2D eigenvalue weighted by atomic mass is 16.6. The number of carbonyl (C=O) groups is 4. The van der Waals surface area contributed by atoms with Crippen LogP contribution >= 0.6 is 0 Å². The summed E-state index contributed by atoms with van der Waals surface area (Å²) in [4.78, 5) is 48.4. The van der Waals surface area contributed by atoms with Gasteiger partial charge in [0.1, 0.15) is 18.7 Å². The van der Waals surface area contributed by atoms with Crippen molar-refractivity contribution in [1.29, 1.82) is 0 Å². The fourth-order valence-electron chi connectivity index (χ4n) is 1.80. The molecule has 0 aromatic carbocycles. The first kappa shape index (κ1) is 24.2. The Balaban J connectivity index is 5.33. The van der Waals surface area contributed by atoms with Gasteiger partial charge in [-0.1, -0.05) is 0 Å². The van der Waals surface area contributed by atoms with Crippen molar-refractivity contribution in [3.05, 3.63) is 23.9 Å². The molecule has 0 heterocycles. The lowest BCUT2D eigenvalue weighted by atomic mass is 10.2. The van der Waals surface area contributed by atoms with Crippen LogP contribution in [0.4, 0.5) is 0 Å². The van der Waals surface area contributed by atoms with Crippen LogP contribution in [-0.2, 0) is 38.1 Å². The molecule has 152 valence electrons. The molecule has 0 bridgehead atoms. The number of rotatable bonds is 12. The highest BCUT2D eigenvalue weighted by Gasteiger charge is 2.20. The summed E-state index contributed by atoms with van der Waals surface area (Å²) >= 11 is 0. The van der Waals surface area contributed by atoms with E-state index in [9.17, 15) is 19.2 Å². The van der Waals surface area contributed by atoms with E-state index in [1.54, 1.807) is 27.7 Å². The van der Waals surface area contributed by atoms with E-state index in [2.05, 4.69) is 0 Å². The average molecular weight is 385 g/mol. The van der Waals surface area contributed by atoms with Crippen LogP contribution in [0.2, 0.25) is 0 Å². The highest BCUT2D eigenvalue weighted by molar-refractivity contribution is 6.14. The molecule has 0 fully saturated rings. The molecule has 0 saturated heterocycles. The van der Waals surface area contributed by atoms with Gasteiger partial charge in [0.2, 0.25) is 0 Å². The Morgan fingerprint density at radius 1 is 0.704 bits per heavy atom. The van der Waals surface area contributed by atoms with E-state index in [-0.39, 0.29) is 45.1 Å². The van der Waals surface area contributed by atoms with Crippen LogP contribution in [0, 0.1) is 0 Å². The molecule has 0 saturated carbocycles. The second kappa shape index (κ2) is 14.3. The van der Waals surface area contributed by atoms with Crippen molar-refractivity contribution < 1.29 is 38.1 Å². The summed E-state index contributed by atoms with van der Waals surface area (Å²) in [6.45, 7) is 6.73. The first-order valence-electron chi connectivity index (χ1n) is 8.67. The second-order valence-electron chi connectivity index (χ2n) is 4.88. The van der Waals surface area contributed by atoms with E-state index in [4.69, 9.17) is 18.9 Å². The third kappa shape index (κ3) is 10.7. The molecule has 27 heavy (non-hydrogen) atoms. The lowest BCUT2D eigenvalue weighted by Crippen LogP contribution is -2.32. The van der Waals surface area contributed by atoms with Crippen LogP contribution in [0.25, 0.3) is 0 Å². The lowest BCUT2D eigenvalue weighted by molar-refractivity contribution is -0.148.